The number of rotatable bonds is 9. The second-order valence-corrected chi connectivity index (χ2v) is 10.4. The predicted octanol–water partition coefficient (Wildman–Crippen LogP) is 4.20. The van der Waals surface area contributed by atoms with Gasteiger partial charge in [0, 0.05) is 30.2 Å². The molecular weight excluding hydrogens is 430 g/mol. The van der Waals surface area contributed by atoms with Gasteiger partial charge >= 0.3 is 0 Å². The van der Waals surface area contributed by atoms with Gasteiger partial charge in [0.15, 0.2) is 0 Å². The van der Waals surface area contributed by atoms with Gasteiger partial charge in [0.25, 0.3) is 0 Å². The lowest BCUT2D eigenvalue weighted by Gasteiger charge is -2.23. The molecule has 0 saturated heterocycles. The molecule has 0 aliphatic carbocycles. The standard InChI is InChI=1S/C23H27N3O3S2/c1-18(22-10-7-15-30-22)25(2)17-23(27)24-20-11-13-21(14-12-20)31(28,29)26(3)16-19-8-5-4-6-9-19/h4-15,18H,16-17H2,1-3H3,(H,24,27). The first kappa shape index (κ1) is 23.1. The molecule has 31 heavy (non-hydrogen) atoms. The smallest absolute Gasteiger partial charge is 0.243 e. The number of nitrogens with one attached hydrogen (secondary N) is 1. The van der Waals surface area contributed by atoms with Crippen LogP contribution < -0.4 is 5.32 Å². The van der Waals surface area contributed by atoms with Crippen molar-refractivity contribution in [3.8, 4) is 0 Å². The Balaban J connectivity index is 1.59. The summed E-state index contributed by atoms with van der Waals surface area (Å²) in [6.07, 6.45) is 0. The summed E-state index contributed by atoms with van der Waals surface area (Å²) in [4.78, 5) is 15.8. The van der Waals surface area contributed by atoms with E-state index >= 15 is 0 Å². The maximum absolute atomic E-state index is 12.8. The minimum absolute atomic E-state index is 0.137. The van der Waals surface area contributed by atoms with Gasteiger partial charge in [0.2, 0.25) is 15.9 Å². The number of anilines is 1. The van der Waals surface area contributed by atoms with Gasteiger partial charge in [-0.15, -0.1) is 11.3 Å². The highest BCUT2D eigenvalue weighted by Gasteiger charge is 2.21. The van der Waals surface area contributed by atoms with Crippen LogP contribution in [0.15, 0.2) is 77.0 Å². The zero-order valence-corrected chi connectivity index (χ0v) is 19.5. The molecular formula is C23H27N3O3S2. The van der Waals surface area contributed by atoms with E-state index in [-0.39, 0.29) is 29.9 Å². The Kier molecular flexibility index (Phi) is 7.61. The highest BCUT2D eigenvalue weighted by atomic mass is 32.2. The molecule has 0 aliphatic rings. The fourth-order valence-electron chi connectivity index (χ4n) is 3.13. The number of hydrogen-bond donors (Lipinski definition) is 1. The van der Waals surface area contributed by atoms with Gasteiger partial charge < -0.3 is 5.32 Å². The number of thiophene rings is 1. The quantitative estimate of drug-likeness (QED) is 0.523. The summed E-state index contributed by atoms with van der Waals surface area (Å²) in [5, 5.41) is 4.86. The molecule has 3 aromatic rings. The van der Waals surface area contributed by atoms with E-state index < -0.39 is 10.0 Å². The largest absolute Gasteiger partial charge is 0.325 e. The lowest BCUT2D eigenvalue weighted by atomic mass is 10.2. The van der Waals surface area contributed by atoms with Gasteiger partial charge in [-0.3, -0.25) is 9.69 Å². The monoisotopic (exact) mass is 457 g/mol. The molecule has 2 aromatic carbocycles. The van der Waals surface area contributed by atoms with Gasteiger partial charge in [-0.1, -0.05) is 36.4 Å². The molecule has 1 atom stereocenters. The van der Waals surface area contributed by atoms with Crippen molar-refractivity contribution in [1.82, 2.24) is 9.21 Å². The topological polar surface area (TPSA) is 69.7 Å². The molecule has 1 unspecified atom stereocenters. The van der Waals surface area contributed by atoms with Crippen LogP contribution in [0.4, 0.5) is 5.69 Å². The van der Waals surface area contributed by atoms with Crippen molar-refractivity contribution in [2.45, 2.75) is 24.4 Å². The summed E-state index contributed by atoms with van der Waals surface area (Å²) in [6, 6.07) is 19.9. The van der Waals surface area contributed by atoms with Crippen molar-refractivity contribution in [3.63, 3.8) is 0 Å². The Bertz CT molecular complexity index is 1080. The summed E-state index contributed by atoms with van der Waals surface area (Å²) in [5.74, 6) is -0.150. The number of sulfonamides is 1. The van der Waals surface area contributed by atoms with Crippen LogP contribution in [0, 0.1) is 0 Å². The number of benzene rings is 2. The number of carbonyl (C=O) groups excluding carboxylic acids is 1. The first-order valence-electron chi connectivity index (χ1n) is 9.91. The molecule has 3 rings (SSSR count). The third kappa shape index (κ3) is 6.01. The van der Waals surface area contributed by atoms with Gasteiger partial charge in [-0.2, -0.15) is 4.31 Å². The number of likely N-dealkylation sites (N-methyl/N-ethyl adjacent to an activating group) is 1. The van der Waals surface area contributed by atoms with E-state index in [9.17, 15) is 13.2 Å². The normalized spacial score (nSPS) is 12.8. The number of hydrogen-bond acceptors (Lipinski definition) is 5. The fraction of sp³-hybridized carbons (Fsp3) is 0.261. The van der Waals surface area contributed by atoms with Crippen LogP contribution >= 0.6 is 11.3 Å². The van der Waals surface area contributed by atoms with E-state index in [2.05, 4.69) is 18.3 Å². The van der Waals surface area contributed by atoms with Crippen molar-refractivity contribution in [1.29, 1.82) is 0 Å². The van der Waals surface area contributed by atoms with Crippen LogP contribution in [0.25, 0.3) is 0 Å². The van der Waals surface area contributed by atoms with Crippen LogP contribution in [0.1, 0.15) is 23.4 Å². The van der Waals surface area contributed by atoms with E-state index in [4.69, 9.17) is 0 Å². The molecule has 8 heteroatoms. The average molecular weight is 458 g/mol. The third-order valence-electron chi connectivity index (χ3n) is 5.10. The van der Waals surface area contributed by atoms with Crippen LogP contribution in [0.5, 0.6) is 0 Å². The van der Waals surface area contributed by atoms with E-state index in [0.717, 1.165) is 5.56 Å². The number of carbonyl (C=O) groups is 1. The lowest BCUT2D eigenvalue weighted by Crippen LogP contribution is -2.32. The van der Waals surface area contributed by atoms with Crippen molar-refractivity contribution >= 4 is 33.0 Å². The van der Waals surface area contributed by atoms with Gasteiger partial charge in [0.05, 0.1) is 11.4 Å². The van der Waals surface area contributed by atoms with Crippen molar-refractivity contribution < 1.29 is 13.2 Å². The Hall–Kier alpha value is -2.52. The number of nitrogens with zero attached hydrogens (tertiary/aromatic N) is 2. The first-order valence-corrected chi connectivity index (χ1v) is 12.2. The second kappa shape index (κ2) is 10.2. The molecule has 1 N–H and O–H groups in total. The van der Waals surface area contributed by atoms with Crippen LogP contribution in [0.3, 0.4) is 0 Å². The Morgan fingerprint density at radius 1 is 1.00 bits per heavy atom. The maximum atomic E-state index is 12.8. The molecule has 0 fully saturated rings. The average Bonchev–Trinajstić information content (AvgIpc) is 3.29. The van der Waals surface area contributed by atoms with Gasteiger partial charge in [0.1, 0.15) is 0 Å². The SMILES string of the molecule is CC(c1cccs1)N(C)CC(=O)Nc1ccc(S(=O)(=O)N(C)Cc2ccccc2)cc1. The highest BCUT2D eigenvalue weighted by Crippen LogP contribution is 2.23. The molecule has 1 aromatic heterocycles. The van der Waals surface area contributed by atoms with E-state index in [1.54, 1.807) is 30.5 Å². The van der Waals surface area contributed by atoms with E-state index in [1.807, 2.05) is 53.7 Å². The highest BCUT2D eigenvalue weighted by molar-refractivity contribution is 7.89. The van der Waals surface area contributed by atoms with Crippen LogP contribution in [0.2, 0.25) is 0 Å². The second-order valence-electron chi connectivity index (χ2n) is 7.43. The van der Waals surface area contributed by atoms with Crippen molar-refractivity contribution in [2.24, 2.45) is 0 Å². The first-order chi connectivity index (χ1) is 14.8. The Morgan fingerprint density at radius 3 is 2.29 bits per heavy atom. The molecule has 0 bridgehead atoms. The van der Waals surface area contributed by atoms with E-state index in [0.29, 0.717) is 5.69 Å². The summed E-state index contributed by atoms with van der Waals surface area (Å²) in [6.45, 7) is 2.58. The predicted molar refractivity (Wildman–Crippen MR) is 126 cm³/mol. The van der Waals surface area contributed by atoms with E-state index in [1.165, 1.54) is 21.3 Å². The molecule has 6 nitrogen and oxygen atoms in total. The lowest BCUT2D eigenvalue weighted by molar-refractivity contribution is -0.117. The Labute approximate surface area is 188 Å². The molecule has 0 saturated carbocycles. The fourth-order valence-corrected chi connectivity index (χ4v) is 5.13. The third-order valence-corrected chi connectivity index (χ3v) is 7.96. The molecule has 164 valence electrons. The molecule has 1 amide bonds. The molecule has 0 radical (unpaired) electrons. The summed E-state index contributed by atoms with van der Waals surface area (Å²) >= 11 is 1.66. The summed E-state index contributed by atoms with van der Waals surface area (Å²) in [5.41, 5.74) is 1.48. The van der Waals surface area contributed by atoms with Crippen molar-refractivity contribution in [3.05, 3.63) is 82.6 Å². The minimum atomic E-state index is -3.62. The van der Waals surface area contributed by atoms with Crippen LogP contribution in [-0.4, -0.2) is 44.2 Å². The summed E-state index contributed by atoms with van der Waals surface area (Å²) in [7, 11) is -0.161. The zero-order chi connectivity index (χ0) is 22.4. The Morgan fingerprint density at radius 2 is 1.68 bits per heavy atom. The number of amides is 1. The maximum Gasteiger partial charge on any atom is 0.243 e. The summed E-state index contributed by atoms with van der Waals surface area (Å²) < 4.78 is 27.0. The zero-order valence-electron chi connectivity index (χ0n) is 17.9. The minimum Gasteiger partial charge on any atom is -0.325 e. The van der Waals surface area contributed by atoms with Gasteiger partial charge in [-0.05, 0) is 55.2 Å². The molecule has 0 aliphatic heterocycles. The van der Waals surface area contributed by atoms with Gasteiger partial charge in [-0.25, -0.2) is 8.42 Å². The molecule has 1 heterocycles. The molecule has 0 spiro atoms. The van der Waals surface area contributed by atoms with Crippen LogP contribution in [-0.2, 0) is 21.4 Å². The van der Waals surface area contributed by atoms with Crippen molar-refractivity contribution in [2.75, 3.05) is 26.0 Å².